The summed E-state index contributed by atoms with van der Waals surface area (Å²) in [5, 5.41) is 0. The second-order valence-electron chi connectivity index (χ2n) is 5.49. The second kappa shape index (κ2) is 7.25. The summed E-state index contributed by atoms with van der Waals surface area (Å²) in [5.74, 6) is 0.884. The zero-order valence-corrected chi connectivity index (χ0v) is 11.3. The lowest BCUT2D eigenvalue weighted by molar-refractivity contribution is 0.266. The molecule has 3 heteroatoms. The third-order valence-corrected chi connectivity index (χ3v) is 3.70. The summed E-state index contributed by atoms with van der Waals surface area (Å²) < 4.78 is 0. The first kappa shape index (κ1) is 13.9. The van der Waals surface area contributed by atoms with Crippen LogP contribution >= 0.6 is 0 Å². The van der Waals surface area contributed by atoms with Crippen LogP contribution in [-0.4, -0.2) is 56.1 Å². The minimum absolute atomic E-state index is 0.408. The van der Waals surface area contributed by atoms with E-state index in [4.69, 9.17) is 5.73 Å². The van der Waals surface area contributed by atoms with Crippen molar-refractivity contribution in [1.29, 1.82) is 0 Å². The standard InChI is InChI=1S/C13H29N3/c1-4-13(14)6-5-8-15(2)10-12-7-9-16(3)11-12/h12-13H,4-11,14H2,1-3H3. The number of likely N-dealkylation sites (tertiary alicyclic amines) is 1. The summed E-state index contributed by atoms with van der Waals surface area (Å²) in [4.78, 5) is 4.91. The smallest absolute Gasteiger partial charge is 0.00366 e. The zero-order chi connectivity index (χ0) is 12.0. The normalized spacial score (nSPS) is 24.2. The highest BCUT2D eigenvalue weighted by Gasteiger charge is 2.20. The van der Waals surface area contributed by atoms with Crippen LogP contribution in [0.4, 0.5) is 0 Å². The van der Waals surface area contributed by atoms with Gasteiger partial charge >= 0.3 is 0 Å². The van der Waals surface area contributed by atoms with Gasteiger partial charge in [0.15, 0.2) is 0 Å². The molecule has 3 nitrogen and oxygen atoms in total. The monoisotopic (exact) mass is 227 g/mol. The van der Waals surface area contributed by atoms with E-state index in [9.17, 15) is 0 Å². The van der Waals surface area contributed by atoms with Crippen LogP contribution < -0.4 is 5.73 Å². The lowest BCUT2D eigenvalue weighted by Crippen LogP contribution is -2.29. The van der Waals surface area contributed by atoms with Crippen LogP contribution in [0.1, 0.15) is 32.6 Å². The highest BCUT2D eigenvalue weighted by Crippen LogP contribution is 2.15. The molecule has 96 valence electrons. The summed E-state index contributed by atoms with van der Waals surface area (Å²) in [6.07, 6.45) is 4.89. The van der Waals surface area contributed by atoms with E-state index >= 15 is 0 Å². The van der Waals surface area contributed by atoms with Crippen LogP contribution in [0.5, 0.6) is 0 Å². The van der Waals surface area contributed by atoms with Gasteiger partial charge in [0.05, 0.1) is 0 Å². The third kappa shape index (κ3) is 5.28. The Balaban J connectivity index is 2.04. The molecule has 1 fully saturated rings. The maximum atomic E-state index is 5.92. The van der Waals surface area contributed by atoms with Gasteiger partial charge in [0, 0.05) is 19.1 Å². The topological polar surface area (TPSA) is 32.5 Å². The Morgan fingerprint density at radius 1 is 1.50 bits per heavy atom. The van der Waals surface area contributed by atoms with Crippen molar-refractivity contribution in [1.82, 2.24) is 9.80 Å². The molecule has 1 aliphatic rings. The van der Waals surface area contributed by atoms with Gasteiger partial charge in [0.25, 0.3) is 0 Å². The summed E-state index contributed by atoms with van der Waals surface area (Å²) in [5.41, 5.74) is 5.92. The van der Waals surface area contributed by atoms with Gasteiger partial charge in [0.1, 0.15) is 0 Å². The van der Waals surface area contributed by atoms with E-state index in [2.05, 4.69) is 30.8 Å². The van der Waals surface area contributed by atoms with Crippen molar-refractivity contribution in [3.63, 3.8) is 0 Å². The van der Waals surface area contributed by atoms with E-state index in [1.807, 2.05) is 0 Å². The molecule has 2 unspecified atom stereocenters. The van der Waals surface area contributed by atoms with Crippen molar-refractivity contribution in [2.24, 2.45) is 11.7 Å². The molecule has 0 bridgehead atoms. The van der Waals surface area contributed by atoms with E-state index in [0.29, 0.717) is 6.04 Å². The molecule has 0 aromatic carbocycles. The van der Waals surface area contributed by atoms with Crippen molar-refractivity contribution >= 4 is 0 Å². The van der Waals surface area contributed by atoms with E-state index in [1.54, 1.807) is 0 Å². The second-order valence-corrected chi connectivity index (χ2v) is 5.49. The highest BCUT2D eigenvalue weighted by atomic mass is 15.1. The lowest BCUT2D eigenvalue weighted by atomic mass is 10.1. The van der Waals surface area contributed by atoms with Crippen molar-refractivity contribution in [2.75, 3.05) is 40.3 Å². The average Bonchev–Trinajstić information content (AvgIpc) is 2.63. The Bertz CT molecular complexity index is 184. The molecular formula is C13H29N3. The fourth-order valence-electron chi connectivity index (χ4n) is 2.53. The molecule has 1 aliphatic heterocycles. The number of nitrogens with zero attached hydrogens (tertiary/aromatic N) is 2. The van der Waals surface area contributed by atoms with Gasteiger partial charge in [0.2, 0.25) is 0 Å². The molecule has 0 radical (unpaired) electrons. The summed E-state index contributed by atoms with van der Waals surface area (Å²) in [6.45, 7) is 7.18. The third-order valence-electron chi connectivity index (χ3n) is 3.70. The van der Waals surface area contributed by atoms with Crippen molar-refractivity contribution in [2.45, 2.75) is 38.6 Å². The molecule has 16 heavy (non-hydrogen) atoms. The van der Waals surface area contributed by atoms with Gasteiger partial charge in [-0.1, -0.05) is 6.92 Å². The van der Waals surface area contributed by atoms with Crippen LogP contribution in [0.25, 0.3) is 0 Å². The molecule has 2 N–H and O–H groups in total. The molecule has 1 rings (SSSR count). The quantitative estimate of drug-likeness (QED) is 0.713. The minimum atomic E-state index is 0.408. The fraction of sp³-hybridized carbons (Fsp3) is 1.00. The predicted octanol–water partition coefficient (Wildman–Crippen LogP) is 1.39. The van der Waals surface area contributed by atoms with Crippen LogP contribution in [0, 0.1) is 5.92 Å². The summed E-state index contributed by atoms with van der Waals surface area (Å²) in [7, 11) is 4.47. The highest BCUT2D eigenvalue weighted by molar-refractivity contribution is 4.75. The van der Waals surface area contributed by atoms with Crippen LogP contribution in [0.3, 0.4) is 0 Å². The first-order valence-electron chi connectivity index (χ1n) is 6.74. The Labute approximate surface area is 101 Å². The molecule has 0 aliphatic carbocycles. The molecule has 0 saturated carbocycles. The first-order chi connectivity index (χ1) is 7.61. The van der Waals surface area contributed by atoms with Crippen molar-refractivity contribution in [3.8, 4) is 0 Å². The number of hydrogen-bond donors (Lipinski definition) is 1. The molecular weight excluding hydrogens is 198 g/mol. The summed E-state index contributed by atoms with van der Waals surface area (Å²) in [6, 6.07) is 0.408. The van der Waals surface area contributed by atoms with E-state index in [0.717, 1.165) is 12.3 Å². The molecule has 0 aromatic heterocycles. The number of nitrogens with two attached hydrogens (primary N) is 1. The maximum Gasteiger partial charge on any atom is 0.00366 e. The van der Waals surface area contributed by atoms with Gasteiger partial charge in [-0.3, -0.25) is 0 Å². The van der Waals surface area contributed by atoms with Gasteiger partial charge < -0.3 is 15.5 Å². The average molecular weight is 227 g/mol. The molecule has 1 saturated heterocycles. The molecule has 1 heterocycles. The molecule has 0 spiro atoms. The van der Waals surface area contributed by atoms with E-state index in [1.165, 1.54) is 45.4 Å². The number of hydrogen-bond acceptors (Lipinski definition) is 3. The first-order valence-corrected chi connectivity index (χ1v) is 6.74. The van der Waals surface area contributed by atoms with E-state index < -0.39 is 0 Å². The largest absolute Gasteiger partial charge is 0.328 e. The predicted molar refractivity (Wildman–Crippen MR) is 70.6 cm³/mol. The Morgan fingerprint density at radius 3 is 2.81 bits per heavy atom. The Morgan fingerprint density at radius 2 is 2.25 bits per heavy atom. The summed E-state index contributed by atoms with van der Waals surface area (Å²) >= 11 is 0. The van der Waals surface area contributed by atoms with E-state index in [-0.39, 0.29) is 0 Å². The minimum Gasteiger partial charge on any atom is -0.328 e. The zero-order valence-electron chi connectivity index (χ0n) is 11.3. The molecule has 0 aromatic rings. The van der Waals surface area contributed by atoms with Gasteiger partial charge in [-0.2, -0.15) is 0 Å². The SMILES string of the molecule is CCC(N)CCCN(C)CC1CCN(C)C1. The molecule has 0 amide bonds. The molecule has 2 atom stereocenters. The lowest BCUT2D eigenvalue weighted by Gasteiger charge is -2.21. The van der Waals surface area contributed by atoms with Crippen molar-refractivity contribution in [3.05, 3.63) is 0 Å². The van der Waals surface area contributed by atoms with Crippen LogP contribution in [0.15, 0.2) is 0 Å². The van der Waals surface area contributed by atoms with Crippen LogP contribution in [0.2, 0.25) is 0 Å². The maximum absolute atomic E-state index is 5.92. The van der Waals surface area contributed by atoms with Gasteiger partial charge in [-0.05, 0) is 58.8 Å². The number of rotatable bonds is 7. The van der Waals surface area contributed by atoms with Gasteiger partial charge in [-0.15, -0.1) is 0 Å². The van der Waals surface area contributed by atoms with Gasteiger partial charge in [-0.25, -0.2) is 0 Å². The Hall–Kier alpha value is -0.120. The van der Waals surface area contributed by atoms with Crippen molar-refractivity contribution < 1.29 is 0 Å². The van der Waals surface area contributed by atoms with Crippen LogP contribution in [-0.2, 0) is 0 Å². The fourth-order valence-corrected chi connectivity index (χ4v) is 2.53. The Kier molecular flexibility index (Phi) is 6.32.